The first-order chi connectivity index (χ1) is 9.17. The minimum Gasteiger partial charge on any atom is -0.382 e. The van der Waals surface area contributed by atoms with Crippen molar-refractivity contribution in [1.82, 2.24) is 5.43 Å². The fraction of sp³-hybridized carbons (Fsp3) is 0.417. The Morgan fingerprint density at radius 3 is 2.95 bits per heavy atom. The smallest absolute Gasteiger partial charge is 0.210 e. The molecular formula is C12H18BrClN4O. The first kappa shape index (κ1) is 16.2. The van der Waals surface area contributed by atoms with Gasteiger partial charge in [0.2, 0.25) is 5.96 Å². The molecule has 0 saturated carbocycles. The largest absolute Gasteiger partial charge is 0.382 e. The summed E-state index contributed by atoms with van der Waals surface area (Å²) in [5, 5.41) is 3.73. The van der Waals surface area contributed by atoms with Crippen LogP contribution >= 0.6 is 27.5 Å². The van der Waals surface area contributed by atoms with E-state index in [1.807, 2.05) is 19.1 Å². The summed E-state index contributed by atoms with van der Waals surface area (Å²) >= 11 is 9.28. The number of aliphatic imine (C=N–C) groups is 1. The molecule has 1 rings (SSSR count). The third-order valence-electron chi connectivity index (χ3n) is 2.24. The zero-order valence-corrected chi connectivity index (χ0v) is 13.1. The molecule has 0 aliphatic heterocycles. The predicted octanol–water partition coefficient (Wildman–Crippen LogP) is 2.76. The molecule has 1 aromatic rings. The van der Waals surface area contributed by atoms with Crippen molar-refractivity contribution in [2.75, 3.05) is 25.1 Å². The third-order valence-corrected chi connectivity index (χ3v) is 3.45. The molecule has 0 amide bonds. The average molecular weight is 350 g/mol. The number of nitrogens with two attached hydrogens (primary N) is 1. The number of rotatable bonds is 6. The van der Waals surface area contributed by atoms with E-state index in [0.29, 0.717) is 24.1 Å². The second-order valence-electron chi connectivity index (χ2n) is 3.68. The number of anilines is 1. The lowest BCUT2D eigenvalue weighted by Crippen LogP contribution is -2.36. The fourth-order valence-corrected chi connectivity index (χ4v) is 1.83. The number of guanidine groups is 1. The van der Waals surface area contributed by atoms with Crippen molar-refractivity contribution in [3.63, 3.8) is 0 Å². The van der Waals surface area contributed by atoms with Crippen molar-refractivity contribution in [1.29, 1.82) is 0 Å². The molecular weight excluding hydrogens is 332 g/mol. The van der Waals surface area contributed by atoms with E-state index >= 15 is 0 Å². The molecule has 5 nitrogen and oxygen atoms in total. The molecule has 0 radical (unpaired) electrons. The molecule has 0 saturated heterocycles. The van der Waals surface area contributed by atoms with Crippen LogP contribution in [0.3, 0.4) is 0 Å². The lowest BCUT2D eigenvalue weighted by molar-refractivity contribution is 0.146. The van der Waals surface area contributed by atoms with Gasteiger partial charge in [-0.1, -0.05) is 11.6 Å². The van der Waals surface area contributed by atoms with Gasteiger partial charge in [-0.15, -0.1) is 0 Å². The van der Waals surface area contributed by atoms with Crippen molar-refractivity contribution in [2.24, 2.45) is 10.8 Å². The van der Waals surface area contributed by atoms with Gasteiger partial charge in [0.1, 0.15) is 0 Å². The molecule has 0 heterocycles. The molecule has 7 heteroatoms. The standard InChI is InChI=1S/C12H18BrClN4O/c1-2-19-7-3-6-16-12(18-15)17-9-4-5-11(14)10(13)8-9/h4-5,8H,2-3,6-7,15H2,1H3,(H2,16,17,18). The lowest BCUT2D eigenvalue weighted by atomic mass is 10.3. The molecule has 0 bridgehead atoms. The molecule has 0 unspecified atom stereocenters. The summed E-state index contributed by atoms with van der Waals surface area (Å²) in [4.78, 5) is 4.30. The van der Waals surface area contributed by atoms with E-state index in [1.54, 1.807) is 6.07 Å². The quantitative estimate of drug-likeness (QED) is 0.243. The summed E-state index contributed by atoms with van der Waals surface area (Å²) in [5.41, 5.74) is 3.37. The number of ether oxygens (including phenoxy) is 1. The molecule has 19 heavy (non-hydrogen) atoms. The van der Waals surface area contributed by atoms with E-state index in [2.05, 4.69) is 31.7 Å². The van der Waals surface area contributed by atoms with Gasteiger partial charge in [0.15, 0.2) is 0 Å². The van der Waals surface area contributed by atoms with Gasteiger partial charge in [-0.3, -0.25) is 10.4 Å². The Kier molecular flexibility index (Phi) is 7.81. The van der Waals surface area contributed by atoms with Gasteiger partial charge in [-0.05, 0) is 47.5 Å². The number of nitrogens with one attached hydrogen (secondary N) is 2. The van der Waals surface area contributed by atoms with Crippen molar-refractivity contribution in [3.8, 4) is 0 Å². The van der Waals surface area contributed by atoms with Gasteiger partial charge in [-0.25, -0.2) is 5.84 Å². The summed E-state index contributed by atoms with van der Waals surface area (Å²) < 4.78 is 6.05. The highest BCUT2D eigenvalue weighted by Crippen LogP contribution is 2.25. The molecule has 4 N–H and O–H groups in total. The van der Waals surface area contributed by atoms with Crippen LogP contribution < -0.4 is 16.6 Å². The molecule has 0 aromatic heterocycles. The first-order valence-electron chi connectivity index (χ1n) is 5.98. The molecule has 0 fully saturated rings. The highest BCUT2D eigenvalue weighted by molar-refractivity contribution is 9.10. The topological polar surface area (TPSA) is 71.7 Å². The number of halogens is 2. The number of hydrogen-bond acceptors (Lipinski definition) is 3. The van der Waals surface area contributed by atoms with E-state index in [4.69, 9.17) is 22.2 Å². The molecule has 106 valence electrons. The van der Waals surface area contributed by atoms with Crippen molar-refractivity contribution >= 4 is 39.2 Å². The monoisotopic (exact) mass is 348 g/mol. The summed E-state index contributed by atoms with van der Waals surface area (Å²) in [6.07, 6.45) is 0.852. The number of hydrazine groups is 1. The Hall–Kier alpha value is -0.820. The highest BCUT2D eigenvalue weighted by atomic mass is 79.9. The first-order valence-corrected chi connectivity index (χ1v) is 7.15. The number of nitrogens with zero attached hydrogens (tertiary/aromatic N) is 1. The van der Waals surface area contributed by atoms with E-state index in [9.17, 15) is 0 Å². The van der Waals surface area contributed by atoms with E-state index in [1.165, 1.54) is 0 Å². The van der Waals surface area contributed by atoms with Gasteiger partial charge in [0.05, 0.1) is 5.02 Å². The lowest BCUT2D eigenvalue weighted by Gasteiger charge is -2.10. The van der Waals surface area contributed by atoms with Gasteiger partial charge < -0.3 is 10.1 Å². The van der Waals surface area contributed by atoms with Gasteiger partial charge in [0, 0.05) is 29.9 Å². The molecule has 0 aliphatic rings. The maximum Gasteiger partial charge on any atom is 0.210 e. The molecule has 0 atom stereocenters. The Balaban J connectivity index is 2.50. The maximum atomic E-state index is 5.92. The van der Waals surface area contributed by atoms with Crippen LogP contribution in [-0.4, -0.2) is 25.7 Å². The van der Waals surface area contributed by atoms with Crippen molar-refractivity contribution < 1.29 is 4.74 Å². The minimum absolute atomic E-state index is 0.505. The normalized spacial score (nSPS) is 11.5. The minimum atomic E-state index is 0.505. The van der Waals surface area contributed by atoms with Crippen LogP contribution in [0.15, 0.2) is 27.7 Å². The fourth-order valence-electron chi connectivity index (χ4n) is 1.33. The molecule has 0 aliphatic carbocycles. The van der Waals surface area contributed by atoms with Crippen LogP contribution in [0.4, 0.5) is 5.69 Å². The SMILES string of the molecule is CCOCCCN=C(NN)Nc1ccc(Cl)c(Br)c1. The third kappa shape index (κ3) is 6.24. The van der Waals surface area contributed by atoms with Crippen LogP contribution in [0.1, 0.15) is 13.3 Å². The van der Waals surface area contributed by atoms with Gasteiger partial charge in [-0.2, -0.15) is 0 Å². The second kappa shape index (κ2) is 9.14. The zero-order valence-electron chi connectivity index (χ0n) is 10.7. The van der Waals surface area contributed by atoms with E-state index in [-0.39, 0.29) is 0 Å². The maximum absolute atomic E-state index is 5.92. The summed E-state index contributed by atoms with van der Waals surface area (Å²) in [6.45, 7) is 4.03. The van der Waals surface area contributed by atoms with Crippen LogP contribution in [0.5, 0.6) is 0 Å². The van der Waals surface area contributed by atoms with Gasteiger partial charge >= 0.3 is 0 Å². The number of hydrogen-bond donors (Lipinski definition) is 3. The molecule has 1 aromatic carbocycles. The summed E-state index contributed by atoms with van der Waals surface area (Å²) in [6, 6.07) is 5.49. The Morgan fingerprint density at radius 2 is 2.32 bits per heavy atom. The summed E-state index contributed by atoms with van der Waals surface area (Å²) in [5.74, 6) is 5.92. The molecule has 0 spiro atoms. The van der Waals surface area contributed by atoms with Crippen LogP contribution in [-0.2, 0) is 4.74 Å². The van der Waals surface area contributed by atoms with Crippen LogP contribution in [0, 0.1) is 0 Å². The summed E-state index contributed by atoms with van der Waals surface area (Å²) in [7, 11) is 0. The van der Waals surface area contributed by atoms with E-state index < -0.39 is 0 Å². The highest BCUT2D eigenvalue weighted by Gasteiger charge is 2.01. The Bertz CT molecular complexity index is 428. The Morgan fingerprint density at radius 1 is 1.53 bits per heavy atom. The van der Waals surface area contributed by atoms with Crippen molar-refractivity contribution in [2.45, 2.75) is 13.3 Å². The van der Waals surface area contributed by atoms with Crippen molar-refractivity contribution in [3.05, 3.63) is 27.7 Å². The predicted molar refractivity (Wildman–Crippen MR) is 83.5 cm³/mol. The second-order valence-corrected chi connectivity index (χ2v) is 4.94. The van der Waals surface area contributed by atoms with E-state index in [0.717, 1.165) is 23.2 Å². The van der Waals surface area contributed by atoms with Gasteiger partial charge in [0.25, 0.3) is 0 Å². The number of benzene rings is 1. The zero-order chi connectivity index (χ0) is 14.1. The Labute approximate surface area is 126 Å². The average Bonchev–Trinajstić information content (AvgIpc) is 2.41. The van der Waals surface area contributed by atoms with Crippen LogP contribution in [0.2, 0.25) is 5.02 Å². The van der Waals surface area contributed by atoms with Crippen LogP contribution in [0.25, 0.3) is 0 Å².